The molecule has 1 unspecified atom stereocenters. The molecule has 118 valence electrons. The summed E-state index contributed by atoms with van der Waals surface area (Å²) in [5, 5.41) is 3.29. The van der Waals surface area contributed by atoms with Crippen molar-refractivity contribution in [1.29, 1.82) is 0 Å². The Morgan fingerprint density at radius 3 is 2.38 bits per heavy atom. The van der Waals surface area contributed by atoms with Gasteiger partial charge in [0.2, 0.25) is 0 Å². The van der Waals surface area contributed by atoms with Crippen molar-refractivity contribution in [3.63, 3.8) is 0 Å². The molecule has 0 heterocycles. The quantitative estimate of drug-likeness (QED) is 0.832. The molecule has 0 saturated heterocycles. The van der Waals surface area contributed by atoms with E-state index in [0.29, 0.717) is 15.5 Å². The van der Waals surface area contributed by atoms with Crippen LogP contribution < -0.4 is 5.32 Å². The van der Waals surface area contributed by atoms with E-state index < -0.39 is 0 Å². The minimum absolute atomic E-state index is 0.143. The summed E-state index contributed by atoms with van der Waals surface area (Å²) in [6.07, 6.45) is 4.06. The molecule has 1 N–H and O–H groups in total. The molecule has 2 nitrogen and oxygen atoms in total. The van der Waals surface area contributed by atoms with Gasteiger partial charge in [0.05, 0.1) is 16.1 Å². The molecule has 0 bridgehead atoms. The monoisotopic (exact) mass is 357 g/mol. The van der Waals surface area contributed by atoms with E-state index in [2.05, 4.69) is 35.1 Å². The summed E-state index contributed by atoms with van der Waals surface area (Å²) in [7, 11) is 3.63. The van der Waals surface area contributed by atoms with Gasteiger partial charge in [0, 0.05) is 12.7 Å². The maximum Gasteiger partial charge on any atom is 0.142 e. The minimum atomic E-state index is -0.341. The Labute approximate surface area is 135 Å². The fraction of sp³-hybridized carbons (Fsp3) is 0.647. The first-order valence-electron chi connectivity index (χ1n) is 7.51. The van der Waals surface area contributed by atoms with Crippen LogP contribution in [0.25, 0.3) is 0 Å². The van der Waals surface area contributed by atoms with Crippen molar-refractivity contribution < 1.29 is 9.13 Å². The lowest BCUT2D eigenvalue weighted by Crippen LogP contribution is -2.48. The van der Waals surface area contributed by atoms with Crippen LogP contribution in [-0.4, -0.2) is 19.8 Å². The molecule has 0 amide bonds. The highest BCUT2D eigenvalue weighted by Crippen LogP contribution is 2.47. The topological polar surface area (TPSA) is 21.3 Å². The summed E-state index contributed by atoms with van der Waals surface area (Å²) in [4.78, 5) is 0. The van der Waals surface area contributed by atoms with Crippen LogP contribution in [0.2, 0.25) is 0 Å². The molecule has 1 aromatic carbocycles. The number of likely N-dealkylation sites (N-methyl/N-ethyl adjacent to an activating group) is 1. The van der Waals surface area contributed by atoms with Crippen LogP contribution in [0.15, 0.2) is 22.7 Å². The van der Waals surface area contributed by atoms with Crippen molar-refractivity contribution in [3.05, 3.63) is 34.1 Å². The number of hydrogen-bond acceptors (Lipinski definition) is 2. The fourth-order valence-corrected chi connectivity index (χ4v) is 3.79. The van der Waals surface area contributed by atoms with Gasteiger partial charge in [0.15, 0.2) is 0 Å². The van der Waals surface area contributed by atoms with Gasteiger partial charge in [0.25, 0.3) is 0 Å². The molecular weight excluding hydrogens is 333 g/mol. The van der Waals surface area contributed by atoms with Crippen molar-refractivity contribution in [2.75, 3.05) is 14.2 Å². The Kier molecular flexibility index (Phi) is 5.11. The summed E-state index contributed by atoms with van der Waals surface area (Å²) in [6.45, 7) is 4.58. The molecule has 1 aliphatic carbocycles. The molecule has 1 aromatic rings. The van der Waals surface area contributed by atoms with Gasteiger partial charge in [0.1, 0.15) is 5.82 Å². The van der Waals surface area contributed by atoms with Gasteiger partial charge in [-0.15, -0.1) is 0 Å². The Bertz CT molecular complexity index is 494. The van der Waals surface area contributed by atoms with E-state index in [1.165, 1.54) is 0 Å². The summed E-state index contributed by atoms with van der Waals surface area (Å²) in [6, 6.07) is 5.32. The third kappa shape index (κ3) is 3.33. The molecule has 2 rings (SSSR count). The molecular formula is C17H25BrFNO. The predicted octanol–water partition coefficient (Wildman–Crippen LogP) is 4.83. The van der Waals surface area contributed by atoms with Crippen molar-refractivity contribution in [3.8, 4) is 0 Å². The average molecular weight is 358 g/mol. The van der Waals surface area contributed by atoms with Crippen LogP contribution in [0.1, 0.15) is 51.1 Å². The first-order valence-corrected chi connectivity index (χ1v) is 8.31. The van der Waals surface area contributed by atoms with Crippen molar-refractivity contribution in [2.24, 2.45) is 5.41 Å². The van der Waals surface area contributed by atoms with E-state index in [4.69, 9.17) is 4.74 Å². The van der Waals surface area contributed by atoms with Crippen LogP contribution in [0.5, 0.6) is 0 Å². The van der Waals surface area contributed by atoms with Gasteiger partial charge in [-0.25, -0.2) is 4.39 Å². The lowest BCUT2D eigenvalue weighted by molar-refractivity contribution is -0.0868. The lowest BCUT2D eigenvalue weighted by atomic mass is 9.67. The highest BCUT2D eigenvalue weighted by atomic mass is 79.9. The van der Waals surface area contributed by atoms with Crippen molar-refractivity contribution in [2.45, 2.75) is 51.2 Å². The van der Waals surface area contributed by atoms with Gasteiger partial charge in [-0.3, -0.25) is 0 Å². The first kappa shape index (κ1) is 16.9. The van der Waals surface area contributed by atoms with Crippen molar-refractivity contribution in [1.82, 2.24) is 5.32 Å². The van der Waals surface area contributed by atoms with Gasteiger partial charge in [-0.2, -0.15) is 0 Å². The molecule has 1 aliphatic rings. The number of methoxy groups -OCH3 is 1. The van der Waals surface area contributed by atoms with Gasteiger partial charge in [-0.05, 0) is 60.1 Å². The number of hydrogen-bond donors (Lipinski definition) is 1. The molecule has 0 aromatic heterocycles. The molecule has 1 fully saturated rings. The zero-order chi connectivity index (χ0) is 15.7. The summed E-state index contributed by atoms with van der Waals surface area (Å²) in [5.74, 6) is -0.196. The van der Waals surface area contributed by atoms with Crippen LogP contribution in [0.3, 0.4) is 0 Å². The largest absolute Gasteiger partial charge is 0.376 e. The SMILES string of the molecule is CNC(c1cccc(Br)c1F)C1(OC)CCC(C)(C)CC1. The smallest absolute Gasteiger partial charge is 0.142 e. The van der Waals surface area contributed by atoms with Gasteiger partial charge < -0.3 is 10.1 Å². The lowest BCUT2D eigenvalue weighted by Gasteiger charge is -2.47. The maximum absolute atomic E-state index is 14.5. The number of nitrogens with one attached hydrogen (secondary N) is 1. The Balaban J connectivity index is 2.37. The van der Waals surface area contributed by atoms with E-state index in [0.717, 1.165) is 25.7 Å². The van der Waals surface area contributed by atoms with E-state index in [1.807, 2.05) is 19.2 Å². The van der Waals surface area contributed by atoms with Crippen LogP contribution in [0.4, 0.5) is 4.39 Å². The Hall–Kier alpha value is -0.450. The van der Waals surface area contributed by atoms with Crippen molar-refractivity contribution >= 4 is 15.9 Å². The zero-order valence-corrected chi connectivity index (χ0v) is 14.9. The second-order valence-electron chi connectivity index (χ2n) is 6.80. The zero-order valence-electron chi connectivity index (χ0n) is 13.3. The van der Waals surface area contributed by atoms with E-state index in [-0.39, 0.29) is 17.5 Å². The van der Waals surface area contributed by atoms with Gasteiger partial charge in [-0.1, -0.05) is 26.0 Å². The van der Waals surface area contributed by atoms with E-state index >= 15 is 0 Å². The summed E-state index contributed by atoms with van der Waals surface area (Å²) >= 11 is 3.28. The third-order valence-electron chi connectivity index (χ3n) is 4.96. The van der Waals surface area contributed by atoms with Crippen LogP contribution in [0, 0.1) is 11.2 Å². The third-order valence-corrected chi connectivity index (χ3v) is 5.58. The van der Waals surface area contributed by atoms with Gasteiger partial charge >= 0.3 is 0 Å². The summed E-state index contributed by atoms with van der Waals surface area (Å²) < 4.78 is 20.9. The number of halogens is 2. The highest BCUT2D eigenvalue weighted by Gasteiger charge is 2.45. The predicted molar refractivity (Wildman–Crippen MR) is 87.9 cm³/mol. The highest BCUT2D eigenvalue weighted by molar-refractivity contribution is 9.10. The molecule has 0 radical (unpaired) electrons. The number of rotatable bonds is 4. The average Bonchev–Trinajstić information content (AvgIpc) is 2.46. The standard InChI is InChI=1S/C17H25BrFNO/c1-16(2)8-10-17(21-4,11-9-16)15(20-3)12-6-5-7-13(18)14(12)19/h5-7,15,20H,8-11H2,1-4H3. The molecule has 1 saturated carbocycles. The normalized spacial score (nSPS) is 22.0. The molecule has 0 spiro atoms. The fourth-order valence-electron chi connectivity index (χ4n) is 3.41. The Morgan fingerprint density at radius 2 is 1.86 bits per heavy atom. The number of benzene rings is 1. The second-order valence-corrected chi connectivity index (χ2v) is 7.65. The molecule has 1 atom stereocenters. The molecule has 0 aliphatic heterocycles. The molecule has 4 heteroatoms. The first-order chi connectivity index (χ1) is 9.85. The second kappa shape index (κ2) is 6.35. The number of ether oxygens (including phenoxy) is 1. The van der Waals surface area contributed by atoms with Crippen LogP contribution >= 0.6 is 15.9 Å². The van der Waals surface area contributed by atoms with E-state index in [1.54, 1.807) is 13.2 Å². The maximum atomic E-state index is 14.5. The van der Waals surface area contributed by atoms with Crippen LogP contribution in [-0.2, 0) is 4.74 Å². The minimum Gasteiger partial charge on any atom is -0.376 e. The molecule has 21 heavy (non-hydrogen) atoms. The summed E-state index contributed by atoms with van der Waals surface area (Å²) in [5.41, 5.74) is 0.676. The Morgan fingerprint density at radius 1 is 1.24 bits per heavy atom. The van der Waals surface area contributed by atoms with E-state index in [9.17, 15) is 4.39 Å².